The number of esters is 2. The molecule has 36 heavy (non-hydrogen) atoms. The first-order chi connectivity index (χ1) is 17.3. The fourth-order valence-corrected chi connectivity index (χ4v) is 4.13. The number of carbonyl (C=O) groups is 2. The first kappa shape index (κ1) is 34.7. The highest BCUT2D eigenvalue weighted by molar-refractivity contribution is 5.75. The van der Waals surface area contributed by atoms with Crippen LogP contribution in [0.25, 0.3) is 0 Å². The second-order valence-corrected chi connectivity index (χ2v) is 9.84. The molecule has 0 radical (unpaired) electrons. The van der Waals surface area contributed by atoms with Crippen LogP contribution >= 0.6 is 0 Å². The van der Waals surface area contributed by atoms with E-state index < -0.39 is 24.2 Å². The van der Waals surface area contributed by atoms with Crippen LogP contribution in [0.3, 0.4) is 0 Å². The molecule has 5 N–H and O–H groups in total. The maximum atomic E-state index is 12.0. The van der Waals surface area contributed by atoms with Gasteiger partial charge in [-0.2, -0.15) is 0 Å². The fourth-order valence-electron chi connectivity index (χ4n) is 4.13. The second kappa shape index (κ2) is 24.1. The van der Waals surface area contributed by atoms with E-state index in [0.29, 0.717) is 32.2 Å². The van der Waals surface area contributed by atoms with Gasteiger partial charge in [0.2, 0.25) is 0 Å². The van der Waals surface area contributed by atoms with E-state index in [1.54, 1.807) is 0 Å². The molecule has 0 fully saturated rings. The third kappa shape index (κ3) is 20.9. The second-order valence-electron chi connectivity index (χ2n) is 9.84. The van der Waals surface area contributed by atoms with Crippen molar-refractivity contribution in [3.63, 3.8) is 0 Å². The molecular formula is C27H54N2O7. The van der Waals surface area contributed by atoms with Crippen molar-refractivity contribution in [1.29, 1.82) is 0 Å². The van der Waals surface area contributed by atoms with Gasteiger partial charge in [0.25, 0.3) is 0 Å². The fraction of sp³-hybridized carbons (Fsp3) is 0.926. The van der Waals surface area contributed by atoms with Crippen LogP contribution in [-0.4, -0.2) is 90.4 Å². The van der Waals surface area contributed by atoms with Gasteiger partial charge in [0.05, 0.1) is 19.8 Å². The van der Waals surface area contributed by atoms with E-state index in [1.807, 2.05) is 4.90 Å². The summed E-state index contributed by atoms with van der Waals surface area (Å²) in [6.45, 7) is 2.67. The first-order valence-corrected chi connectivity index (χ1v) is 14.0. The summed E-state index contributed by atoms with van der Waals surface area (Å²) in [5.41, 5.74) is 5.74. The maximum absolute atomic E-state index is 12.0. The highest BCUT2D eigenvalue weighted by atomic mass is 16.5. The quantitative estimate of drug-likeness (QED) is 0.106. The third-order valence-electron chi connectivity index (χ3n) is 6.31. The van der Waals surface area contributed by atoms with Gasteiger partial charge in [-0.05, 0) is 25.8 Å². The molecule has 0 amide bonds. The average molecular weight is 519 g/mol. The molecule has 3 atom stereocenters. The monoisotopic (exact) mass is 518 g/mol. The van der Waals surface area contributed by atoms with Gasteiger partial charge in [-0.3, -0.25) is 14.5 Å². The smallest absolute Gasteiger partial charge is 0.322 e. The Labute approximate surface area is 218 Å². The number of ether oxygens (including phenoxy) is 2. The van der Waals surface area contributed by atoms with Gasteiger partial charge in [-0.25, -0.2) is 0 Å². The van der Waals surface area contributed by atoms with Gasteiger partial charge in [0, 0.05) is 19.5 Å². The molecule has 214 valence electrons. The standard InChI is InChI=1S/C27H54N2O7/c1-3-4-5-6-7-8-9-10-11-12-13-17-26(33)36-22-24(32)20-29(19-23(31)21-30)18-15-14-16-25(28)27(34)35-2/h23-25,30-32H,3-22,28H2,1-2H3. The summed E-state index contributed by atoms with van der Waals surface area (Å²) in [7, 11) is 1.30. The van der Waals surface area contributed by atoms with Gasteiger partial charge in [0.1, 0.15) is 18.8 Å². The minimum absolute atomic E-state index is 0.101. The zero-order chi connectivity index (χ0) is 27.0. The molecule has 3 unspecified atom stereocenters. The normalized spacial score (nSPS) is 14.0. The van der Waals surface area contributed by atoms with Crippen molar-refractivity contribution in [2.24, 2.45) is 5.73 Å². The molecule has 0 aromatic heterocycles. The largest absolute Gasteiger partial charge is 0.468 e. The van der Waals surface area contributed by atoms with E-state index in [0.717, 1.165) is 19.3 Å². The van der Waals surface area contributed by atoms with Crippen molar-refractivity contribution in [3.05, 3.63) is 0 Å². The summed E-state index contributed by atoms with van der Waals surface area (Å²) in [5, 5.41) is 29.3. The molecule has 9 nitrogen and oxygen atoms in total. The Balaban J connectivity index is 4.00. The lowest BCUT2D eigenvalue weighted by molar-refractivity contribution is -0.147. The average Bonchev–Trinajstić information content (AvgIpc) is 2.87. The van der Waals surface area contributed by atoms with E-state index in [1.165, 1.54) is 58.5 Å². The maximum Gasteiger partial charge on any atom is 0.322 e. The summed E-state index contributed by atoms with van der Waals surface area (Å²) in [6, 6.07) is -0.670. The number of aliphatic hydroxyl groups excluding tert-OH is 3. The Morgan fingerprint density at radius 3 is 1.94 bits per heavy atom. The minimum Gasteiger partial charge on any atom is -0.468 e. The summed E-state index contributed by atoms with van der Waals surface area (Å²) < 4.78 is 9.84. The first-order valence-electron chi connectivity index (χ1n) is 14.0. The number of nitrogens with zero attached hydrogens (tertiary/aromatic N) is 1. The van der Waals surface area contributed by atoms with Crippen molar-refractivity contribution >= 4 is 11.9 Å². The summed E-state index contributed by atoms with van der Waals surface area (Å²) in [4.78, 5) is 25.2. The van der Waals surface area contributed by atoms with Gasteiger partial charge in [-0.1, -0.05) is 77.6 Å². The molecule has 0 saturated heterocycles. The number of unbranched alkanes of at least 4 members (excludes halogenated alkanes) is 11. The van der Waals surface area contributed by atoms with Crippen LogP contribution in [0.5, 0.6) is 0 Å². The Hall–Kier alpha value is -1.26. The zero-order valence-corrected chi connectivity index (χ0v) is 22.9. The van der Waals surface area contributed by atoms with Gasteiger partial charge >= 0.3 is 11.9 Å². The molecule has 0 aromatic rings. The van der Waals surface area contributed by atoms with Crippen molar-refractivity contribution in [2.75, 3.05) is 40.0 Å². The van der Waals surface area contributed by atoms with Gasteiger partial charge in [-0.15, -0.1) is 0 Å². The Kier molecular flexibility index (Phi) is 23.3. The Morgan fingerprint density at radius 1 is 0.833 bits per heavy atom. The summed E-state index contributed by atoms with van der Waals surface area (Å²) in [6.07, 6.45) is 13.7. The minimum atomic E-state index is -0.932. The number of rotatable bonds is 25. The molecule has 9 heteroatoms. The molecule has 0 saturated carbocycles. The van der Waals surface area contributed by atoms with Gasteiger partial charge in [0.15, 0.2) is 0 Å². The summed E-state index contributed by atoms with van der Waals surface area (Å²) >= 11 is 0. The predicted molar refractivity (Wildman–Crippen MR) is 141 cm³/mol. The van der Waals surface area contributed by atoms with Crippen molar-refractivity contribution in [2.45, 2.75) is 121 Å². The third-order valence-corrected chi connectivity index (χ3v) is 6.31. The molecule has 0 heterocycles. The highest BCUT2D eigenvalue weighted by Crippen LogP contribution is 2.12. The number of nitrogens with two attached hydrogens (primary N) is 1. The Bertz CT molecular complexity index is 536. The molecule has 0 aliphatic heterocycles. The van der Waals surface area contributed by atoms with Gasteiger partial charge < -0.3 is 30.5 Å². The number of aliphatic hydroxyl groups is 3. The number of hydrogen-bond donors (Lipinski definition) is 4. The van der Waals surface area contributed by atoms with Crippen LogP contribution in [0.1, 0.15) is 103 Å². The van der Waals surface area contributed by atoms with E-state index in [4.69, 9.17) is 15.6 Å². The van der Waals surface area contributed by atoms with E-state index >= 15 is 0 Å². The topological polar surface area (TPSA) is 143 Å². The number of hydrogen-bond acceptors (Lipinski definition) is 9. The lowest BCUT2D eigenvalue weighted by Crippen LogP contribution is -2.41. The van der Waals surface area contributed by atoms with Crippen LogP contribution < -0.4 is 5.73 Å². The number of methoxy groups -OCH3 is 1. The van der Waals surface area contributed by atoms with Crippen molar-refractivity contribution < 1.29 is 34.4 Å². The summed E-state index contributed by atoms with van der Waals surface area (Å²) in [5.74, 6) is -0.753. The van der Waals surface area contributed by atoms with Crippen LogP contribution in [0.15, 0.2) is 0 Å². The molecule has 0 rings (SSSR count). The molecular weight excluding hydrogens is 464 g/mol. The van der Waals surface area contributed by atoms with Crippen molar-refractivity contribution in [3.8, 4) is 0 Å². The molecule has 0 aliphatic carbocycles. The SMILES string of the molecule is CCCCCCCCCCCCCC(=O)OCC(O)CN(CCCCC(N)C(=O)OC)CC(O)CO. The Morgan fingerprint density at radius 2 is 1.39 bits per heavy atom. The molecule has 0 aliphatic rings. The highest BCUT2D eigenvalue weighted by Gasteiger charge is 2.18. The molecule has 0 bridgehead atoms. The number of carbonyl (C=O) groups excluding carboxylic acids is 2. The lowest BCUT2D eigenvalue weighted by atomic mass is 10.1. The lowest BCUT2D eigenvalue weighted by Gasteiger charge is -2.26. The van der Waals surface area contributed by atoms with Crippen LogP contribution in [0.4, 0.5) is 0 Å². The van der Waals surface area contributed by atoms with E-state index in [-0.39, 0.29) is 32.3 Å². The molecule has 0 aromatic carbocycles. The van der Waals surface area contributed by atoms with E-state index in [9.17, 15) is 19.8 Å². The predicted octanol–water partition coefficient (Wildman–Crippen LogP) is 2.92. The zero-order valence-electron chi connectivity index (χ0n) is 22.9. The van der Waals surface area contributed by atoms with Crippen LogP contribution in [0.2, 0.25) is 0 Å². The van der Waals surface area contributed by atoms with Crippen LogP contribution in [0, 0.1) is 0 Å². The van der Waals surface area contributed by atoms with Crippen molar-refractivity contribution in [1.82, 2.24) is 4.90 Å². The van der Waals surface area contributed by atoms with E-state index in [2.05, 4.69) is 11.7 Å². The molecule has 0 spiro atoms. The van der Waals surface area contributed by atoms with Crippen LogP contribution in [-0.2, 0) is 19.1 Å².